The van der Waals surface area contributed by atoms with Crippen LogP contribution in [-0.2, 0) is 9.84 Å². The molecule has 21 heavy (non-hydrogen) atoms. The van der Waals surface area contributed by atoms with Gasteiger partial charge in [-0.1, -0.05) is 6.07 Å². The van der Waals surface area contributed by atoms with Gasteiger partial charge < -0.3 is 10.0 Å². The minimum atomic E-state index is -3.50. The predicted molar refractivity (Wildman–Crippen MR) is 73.3 cm³/mol. The molecular formula is C13H17F2NO4S. The molecule has 1 rings (SSSR count). The summed E-state index contributed by atoms with van der Waals surface area (Å²) in [6.45, 7) is 0.0652. The van der Waals surface area contributed by atoms with Gasteiger partial charge in [0.15, 0.2) is 9.84 Å². The van der Waals surface area contributed by atoms with Crippen molar-refractivity contribution >= 4 is 15.7 Å². The van der Waals surface area contributed by atoms with E-state index in [4.69, 9.17) is 5.11 Å². The third-order valence-corrected chi connectivity index (χ3v) is 3.99. The average molecular weight is 321 g/mol. The first-order valence-electron chi connectivity index (χ1n) is 6.15. The maximum atomic E-state index is 12.5. The number of aliphatic hydroxyl groups is 1. The van der Waals surface area contributed by atoms with Crippen molar-refractivity contribution in [3.8, 4) is 0 Å². The Kier molecular flexibility index (Phi) is 5.79. The van der Waals surface area contributed by atoms with E-state index >= 15 is 0 Å². The molecule has 0 aliphatic heterocycles. The first kappa shape index (κ1) is 17.5. The first-order chi connectivity index (χ1) is 9.66. The smallest absolute Gasteiger partial charge is 0.255 e. The van der Waals surface area contributed by atoms with Crippen molar-refractivity contribution in [1.29, 1.82) is 0 Å². The van der Waals surface area contributed by atoms with Crippen LogP contribution in [0.5, 0.6) is 0 Å². The predicted octanol–water partition coefficient (Wildman–Crippen LogP) is 1.10. The molecule has 0 heterocycles. The van der Waals surface area contributed by atoms with Gasteiger partial charge >= 0.3 is 0 Å². The van der Waals surface area contributed by atoms with E-state index in [0.29, 0.717) is 5.56 Å². The Morgan fingerprint density at radius 1 is 1.38 bits per heavy atom. The number of rotatable bonds is 6. The molecule has 0 bridgehead atoms. The third kappa shape index (κ3) is 4.75. The summed E-state index contributed by atoms with van der Waals surface area (Å²) in [5.74, 6) is -0.729. The van der Waals surface area contributed by atoms with Crippen molar-refractivity contribution in [2.24, 2.45) is 0 Å². The van der Waals surface area contributed by atoms with E-state index in [1.54, 1.807) is 6.92 Å². The minimum Gasteiger partial charge on any atom is -0.395 e. The molecule has 1 amide bonds. The zero-order chi connectivity index (χ0) is 16.2. The molecule has 1 aromatic carbocycles. The number of halogens is 2. The Labute approximate surface area is 122 Å². The Morgan fingerprint density at radius 2 is 2.00 bits per heavy atom. The third-order valence-electron chi connectivity index (χ3n) is 2.88. The number of nitrogens with zero attached hydrogens (tertiary/aromatic N) is 1. The zero-order valence-electron chi connectivity index (χ0n) is 11.7. The van der Waals surface area contributed by atoms with Gasteiger partial charge in [0, 0.05) is 18.4 Å². The molecule has 0 radical (unpaired) electrons. The average Bonchev–Trinajstić information content (AvgIpc) is 2.36. The Bertz CT molecular complexity index is 617. The van der Waals surface area contributed by atoms with E-state index in [1.165, 1.54) is 18.2 Å². The Morgan fingerprint density at radius 3 is 2.48 bits per heavy atom. The maximum absolute atomic E-state index is 12.5. The fraction of sp³-hybridized carbons (Fsp3) is 0.462. The van der Waals surface area contributed by atoms with Crippen molar-refractivity contribution < 1.29 is 27.1 Å². The van der Waals surface area contributed by atoms with E-state index in [9.17, 15) is 22.0 Å². The molecule has 0 unspecified atom stereocenters. The van der Waals surface area contributed by atoms with E-state index in [-0.39, 0.29) is 17.0 Å². The van der Waals surface area contributed by atoms with Gasteiger partial charge in [0.05, 0.1) is 18.0 Å². The van der Waals surface area contributed by atoms with Crippen LogP contribution in [0.2, 0.25) is 0 Å². The number of alkyl halides is 2. The molecule has 0 aromatic heterocycles. The maximum Gasteiger partial charge on any atom is 0.255 e. The molecule has 0 atom stereocenters. The lowest BCUT2D eigenvalue weighted by Gasteiger charge is -2.22. The molecule has 1 N–H and O–H groups in total. The van der Waals surface area contributed by atoms with Crippen molar-refractivity contribution in [2.75, 3.05) is 26.0 Å². The van der Waals surface area contributed by atoms with Gasteiger partial charge in [-0.15, -0.1) is 0 Å². The van der Waals surface area contributed by atoms with Crippen LogP contribution in [0, 0.1) is 6.92 Å². The standard InChI is InChI=1S/C13H17F2NO4S/c1-9-3-4-10(21(2,19)20)7-11(9)13(18)16(5-6-17)8-12(14)15/h3-4,7,12,17H,5-6,8H2,1-2H3. The van der Waals surface area contributed by atoms with Crippen molar-refractivity contribution in [3.05, 3.63) is 29.3 Å². The van der Waals surface area contributed by atoms with E-state index in [1.807, 2.05) is 0 Å². The summed E-state index contributed by atoms with van der Waals surface area (Å²) >= 11 is 0. The quantitative estimate of drug-likeness (QED) is 0.851. The van der Waals surface area contributed by atoms with Gasteiger partial charge in [-0.2, -0.15) is 0 Å². The monoisotopic (exact) mass is 321 g/mol. The highest BCUT2D eigenvalue weighted by Gasteiger charge is 2.22. The van der Waals surface area contributed by atoms with Crippen LogP contribution in [0.25, 0.3) is 0 Å². The lowest BCUT2D eigenvalue weighted by Crippen LogP contribution is -2.37. The summed E-state index contributed by atoms with van der Waals surface area (Å²) in [6.07, 6.45) is -1.74. The summed E-state index contributed by atoms with van der Waals surface area (Å²) in [5, 5.41) is 8.86. The molecule has 5 nitrogen and oxygen atoms in total. The number of aliphatic hydroxyl groups excluding tert-OH is 1. The lowest BCUT2D eigenvalue weighted by molar-refractivity contribution is 0.0508. The van der Waals surface area contributed by atoms with Gasteiger partial charge in [0.25, 0.3) is 12.3 Å². The summed E-state index contributed by atoms with van der Waals surface area (Å²) in [5.41, 5.74) is 0.511. The van der Waals surface area contributed by atoms with Gasteiger partial charge in [-0.25, -0.2) is 17.2 Å². The molecule has 8 heteroatoms. The van der Waals surface area contributed by atoms with Gasteiger partial charge in [0.2, 0.25) is 0 Å². The number of hydrogen-bond donors (Lipinski definition) is 1. The molecular weight excluding hydrogens is 304 g/mol. The van der Waals surface area contributed by atoms with Crippen molar-refractivity contribution in [1.82, 2.24) is 4.90 Å². The van der Waals surface area contributed by atoms with E-state index in [2.05, 4.69) is 0 Å². The second-order valence-corrected chi connectivity index (χ2v) is 6.63. The van der Waals surface area contributed by atoms with E-state index in [0.717, 1.165) is 11.2 Å². The highest BCUT2D eigenvalue weighted by atomic mass is 32.2. The van der Waals surface area contributed by atoms with Crippen molar-refractivity contribution in [2.45, 2.75) is 18.2 Å². The molecule has 0 aliphatic rings. The van der Waals surface area contributed by atoms with Crippen LogP contribution in [0.1, 0.15) is 15.9 Å². The fourth-order valence-corrected chi connectivity index (χ4v) is 2.44. The number of sulfone groups is 1. The normalized spacial score (nSPS) is 11.7. The topological polar surface area (TPSA) is 74.7 Å². The van der Waals surface area contributed by atoms with Crippen LogP contribution >= 0.6 is 0 Å². The SMILES string of the molecule is Cc1ccc(S(C)(=O)=O)cc1C(=O)N(CCO)CC(F)F. The number of carbonyl (C=O) groups excluding carboxylic acids is 1. The van der Waals surface area contributed by atoms with Crippen LogP contribution in [0.15, 0.2) is 23.1 Å². The Balaban J connectivity index is 3.20. The zero-order valence-corrected chi connectivity index (χ0v) is 12.5. The lowest BCUT2D eigenvalue weighted by atomic mass is 10.1. The highest BCUT2D eigenvalue weighted by Crippen LogP contribution is 2.18. The molecule has 0 saturated carbocycles. The van der Waals surface area contributed by atoms with Crippen LogP contribution in [0.4, 0.5) is 8.78 Å². The first-order valence-corrected chi connectivity index (χ1v) is 8.05. The molecule has 118 valence electrons. The Hall–Kier alpha value is -1.54. The number of hydrogen-bond acceptors (Lipinski definition) is 4. The van der Waals surface area contributed by atoms with Gasteiger partial charge in [0.1, 0.15) is 0 Å². The molecule has 0 aliphatic carbocycles. The number of amides is 1. The van der Waals surface area contributed by atoms with Gasteiger partial charge in [-0.3, -0.25) is 4.79 Å². The summed E-state index contributed by atoms with van der Waals surface area (Å²) in [4.78, 5) is 13.0. The highest BCUT2D eigenvalue weighted by molar-refractivity contribution is 7.90. The number of benzene rings is 1. The molecule has 0 fully saturated rings. The summed E-state index contributed by atoms with van der Waals surface area (Å²) in [7, 11) is -3.50. The molecule has 0 spiro atoms. The second-order valence-electron chi connectivity index (χ2n) is 4.61. The second kappa shape index (κ2) is 6.95. The molecule has 0 saturated heterocycles. The number of carbonyl (C=O) groups is 1. The summed E-state index contributed by atoms with van der Waals surface area (Å²) in [6, 6.07) is 3.97. The molecule has 1 aromatic rings. The summed E-state index contributed by atoms with van der Waals surface area (Å²) < 4.78 is 48.0. The van der Waals surface area contributed by atoms with Gasteiger partial charge in [-0.05, 0) is 24.6 Å². The van der Waals surface area contributed by atoms with E-state index < -0.39 is 35.3 Å². The fourth-order valence-electron chi connectivity index (χ4n) is 1.80. The van der Waals surface area contributed by atoms with Crippen LogP contribution in [0.3, 0.4) is 0 Å². The van der Waals surface area contributed by atoms with Crippen LogP contribution < -0.4 is 0 Å². The van der Waals surface area contributed by atoms with Crippen LogP contribution in [-0.4, -0.2) is 56.7 Å². The largest absolute Gasteiger partial charge is 0.395 e. The van der Waals surface area contributed by atoms with Crippen molar-refractivity contribution in [3.63, 3.8) is 0 Å². The minimum absolute atomic E-state index is 0.0343. The number of aryl methyl sites for hydroxylation is 1.